The molecule has 0 saturated heterocycles. The van der Waals surface area contributed by atoms with Crippen LogP contribution in [0, 0.1) is 5.82 Å². The molecule has 3 nitrogen and oxygen atoms in total. The van der Waals surface area contributed by atoms with E-state index in [2.05, 4.69) is 4.74 Å². The van der Waals surface area contributed by atoms with Gasteiger partial charge in [-0.25, -0.2) is 9.18 Å². The minimum absolute atomic E-state index is 0.00690. The van der Waals surface area contributed by atoms with Gasteiger partial charge in [-0.15, -0.1) is 0 Å². The van der Waals surface area contributed by atoms with Crippen molar-refractivity contribution in [1.82, 2.24) is 0 Å². The second kappa shape index (κ2) is 5.28. The molecule has 0 atom stereocenters. The van der Waals surface area contributed by atoms with Crippen LogP contribution in [0.5, 0.6) is 0 Å². The molecule has 0 aliphatic carbocycles. The van der Waals surface area contributed by atoms with Crippen LogP contribution in [0.2, 0.25) is 5.02 Å². The van der Waals surface area contributed by atoms with Crippen LogP contribution < -0.4 is 5.73 Å². The minimum Gasteiger partial charge on any atom is -0.465 e. The molecule has 19 heavy (non-hydrogen) atoms. The zero-order chi connectivity index (χ0) is 14.0. The van der Waals surface area contributed by atoms with E-state index in [-0.39, 0.29) is 11.3 Å². The number of benzene rings is 2. The Hall–Kier alpha value is -2.07. The standard InChI is InChI=1S/C14H11ClFNO2/c1-19-14(18)12-7-10(16)6-11(13(12)17)8-2-4-9(15)5-3-8/h2-7H,17H2,1H3. The fourth-order valence-corrected chi connectivity index (χ4v) is 1.89. The van der Waals surface area contributed by atoms with Crippen molar-refractivity contribution in [2.24, 2.45) is 0 Å². The maximum atomic E-state index is 13.6. The molecule has 2 aromatic rings. The van der Waals surface area contributed by atoms with E-state index in [1.54, 1.807) is 24.3 Å². The quantitative estimate of drug-likeness (QED) is 0.676. The van der Waals surface area contributed by atoms with Crippen LogP contribution in [-0.4, -0.2) is 13.1 Å². The van der Waals surface area contributed by atoms with E-state index in [0.717, 1.165) is 6.07 Å². The van der Waals surface area contributed by atoms with Gasteiger partial charge in [0.2, 0.25) is 0 Å². The molecule has 2 aromatic carbocycles. The Morgan fingerprint density at radius 2 is 1.89 bits per heavy atom. The monoisotopic (exact) mass is 279 g/mol. The van der Waals surface area contributed by atoms with E-state index < -0.39 is 11.8 Å². The second-order valence-electron chi connectivity index (χ2n) is 3.91. The van der Waals surface area contributed by atoms with Crippen molar-refractivity contribution >= 4 is 23.3 Å². The molecular weight excluding hydrogens is 269 g/mol. The van der Waals surface area contributed by atoms with Gasteiger partial charge in [-0.1, -0.05) is 23.7 Å². The van der Waals surface area contributed by atoms with Gasteiger partial charge in [-0.2, -0.15) is 0 Å². The predicted molar refractivity (Wildman–Crippen MR) is 72.6 cm³/mol. The van der Waals surface area contributed by atoms with Gasteiger partial charge >= 0.3 is 5.97 Å². The van der Waals surface area contributed by atoms with Gasteiger partial charge in [0.1, 0.15) is 5.82 Å². The van der Waals surface area contributed by atoms with Gasteiger partial charge in [0.05, 0.1) is 18.4 Å². The molecule has 0 aromatic heterocycles. The van der Waals surface area contributed by atoms with Crippen LogP contribution in [0.3, 0.4) is 0 Å². The summed E-state index contributed by atoms with van der Waals surface area (Å²) in [4.78, 5) is 11.5. The highest BCUT2D eigenvalue weighted by molar-refractivity contribution is 6.30. The van der Waals surface area contributed by atoms with Crippen LogP contribution in [0.15, 0.2) is 36.4 Å². The summed E-state index contributed by atoms with van der Waals surface area (Å²) in [7, 11) is 1.22. The summed E-state index contributed by atoms with van der Waals surface area (Å²) in [5.41, 5.74) is 7.18. The molecule has 0 aliphatic heterocycles. The third-order valence-electron chi connectivity index (χ3n) is 2.71. The first kappa shape index (κ1) is 13.4. The molecule has 98 valence electrons. The van der Waals surface area contributed by atoms with Crippen LogP contribution in [0.4, 0.5) is 10.1 Å². The molecular formula is C14H11ClFNO2. The highest BCUT2D eigenvalue weighted by atomic mass is 35.5. The molecule has 2 rings (SSSR count). The number of carbonyl (C=O) groups excluding carboxylic acids is 1. The number of methoxy groups -OCH3 is 1. The van der Waals surface area contributed by atoms with Crippen molar-refractivity contribution in [3.63, 3.8) is 0 Å². The van der Waals surface area contributed by atoms with Crippen LogP contribution in [0.1, 0.15) is 10.4 Å². The number of rotatable bonds is 2. The topological polar surface area (TPSA) is 52.3 Å². The average Bonchev–Trinajstić information content (AvgIpc) is 2.41. The number of carbonyl (C=O) groups is 1. The fraction of sp³-hybridized carbons (Fsp3) is 0.0714. The van der Waals surface area contributed by atoms with E-state index in [1.165, 1.54) is 13.2 Å². The van der Waals surface area contributed by atoms with Gasteiger partial charge in [0.15, 0.2) is 0 Å². The molecule has 2 N–H and O–H groups in total. The van der Waals surface area contributed by atoms with Gasteiger partial charge in [-0.3, -0.25) is 0 Å². The number of halogens is 2. The maximum Gasteiger partial charge on any atom is 0.340 e. The fourth-order valence-electron chi connectivity index (χ4n) is 1.77. The van der Waals surface area contributed by atoms with Crippen molar-refractivity contribution in [3.05, 3.63) is 52.8 Å². The highest BCUT2D eigenvalue weighted by Crippen LogP contribution is 2.31. The number of nitrogens with two attached hydrogens (primary N) is 1. The van der Waals surface area contributed by atoms with Crippen molar-refractivity contribution in [2.75, 3.05) is 12.8 Å². The molecule has 0 spiro atoms. The molecule has 5 heteroatoms. The summed E-state index contributed by atoms with van der Waals surface area (Å²) in [6.45, 7) is 0. The Kier molecular flexibility index (Phi) is 3.71. The third-order valence-corrected chi connectivity index (χ3v) is 2.96. The lowest BCUT2D eigenvalue weighted by molar-refractivity contribution is 0.0601. The SMILES string of the molecule is COC(=O)c1cc(F)cc(-c2ccc(Cl)cc2)c1N. The van der Waals surface area contributed by atoms with Gasteiger partial charge in [0.25, 0.3) is 0 Å². The predicted octanol–water partition coefficient (Wildman–Crippen LogP) is 3.51. The highest BCUT2D eigenvalue weighted by Gasteiger charge is 2.16. The van der Waals surface area contributed by atoms with E-state index in [4.69, 9.17) is 17.3 Å². The van der Waals surface area contributed by atoms with Crippen LogP contribution in [0.25, 0.3) is 11.1 Å². The van der Waals surface area contributed by atoms with Crippen molar-refractivity contribution in [1.29, 1.82) is 0 Å². The summed E-state index contributed by atoms with van der Waals surface area (Å²) in [5.74, 6) is -1.23. The second-order valence-corrected chi connectivity index (χ2v) is 4.35. The van der Waals surface area contributed by atoms with E-state index in [0.29, 0.717) is 16.1 Å². The average molecular weight is 280 g/mol. The number of anilines is 1. The summed E-state index contributed by atoms with van der Waals surface area (Å²) < 4.78 is 18.2. The van der Waals surface area contributed by atoms with Crippen LogP contribution in [-0.2, 0) is 4.74 Å². The molecule has 0 saturated carbocycles. The third kappa shape index (κ3) is 2.69. The van der Waals surface area contributed by atoms with Gasteiger partial charge in [0, 0.05) is 10.6 Å². The summed E-state index contributed by atoms with van der Waals surface area (Å²) in [5, 5.41) is 0.562. The van der Waals surface area contributed by atoms with Crippen molar-refractivity contribution in [2.45, 2.75) is 0 Å². The number of hydrogen-bond acceptors (Lipinski definition) is 3. The van der Waals surface area contributed by atoms with Gasteiger partial charge < -0.3 is 10.5 Å². The zero-order valence-electron chi connectivity index (χ0n) is 10.1. The normalized spacial score (nSPS) is 10.3. The van der Waals surface area contributed by atoms with E-state index in [9.17, 15) is 9.18 Å². The summed E-state index contributed by atoms with van der Waals surface area (Å²) in [6, 6.07) is 9.06. The first-order chi connectivity index (χ1) is 9.02. The van der Waals surface area contributed by atoms with Crippen LogP contribution >= 0.6 is 11.6 Å². The Morgan fingerprint density at radius 1 is 1.26 bits per heavy atom. The molecule has 0 radical (unpaired) electrons. The minimum atomic E-state index is -0.674. The summed E-state index contributed by atoms with van der Waals surface area (Å²) in [6.07, 6.45) is 0. The lowest BCUT2D eigenvalue weighted by Gasteiger charge is -2.10. The first-order valence-corrected chi connectivity index (χ1v) is 5.84. The molecule has 0 amide bonds. The van der Waals surface area contributed by atoms with E-state index >= 15 is 0 Å². The zero-order valence-corrected chi connectivity index (χ0v) is 10.9. The smallest absolute Gasteiger partial charge is 0.340 e. The molecule has 0 aliphatic rings. The molecule has 0 fully saturated rings. The Morgan fingerprint density at radius 3 is 2.47 bits per heavy atom. The summed E-state index contributed by atoms with van der Waals surface area (Å²) >= 11 is 5.79. The largest absolute Gasteiger partial charge is 0.465 e. The number of nitrogen functional groups attached to an aromatic ring is 1. The Bertz CT molecular complexity index is 626. The van der Waals surface area contributed by atoms with E-state index in [1.807, 2.05) is 0 Å². The number of esters is 1. The number of ether oxygens (including phenoxy) is 1. The maximum absolute atomic E-state index is 13.6. The van der Waals surface area contributed by atoms with Crippen molar-refractivity contribution in [3.8, 4) is 11.1 Å². The van der Waals surface area contributed by atoms with Crippen molar-refractivity contribution < 1.29 is 13.9 Å². The molecule has 0 unspecified atom stereocenters. The first-order valence-electron chi connectivity index (χ1n) is 5.46. The van der Waals surface area contributed by atoms with Gasteiger partial charge in [-0.05, 0) is 29.8 Å². The number of hydrogen-bond donors (Lipinski definition) is 1. The lowest BCUT2D eigenvalue weighted by Crippen LogP contribution is -2.07. The Labute approximate surface area is 114 Å². The lowest BCUT2D eigenvalue weighted by atomic mass is 10.00. The molecule has 0 heterocycles. The Balaban J connectivity index is 2.60. The molecule has 0 bridgehead atoms.